The minimum atomic E-state index is 0.625. The number of benzene rings is 2. The maximum Gasteiger partial charge on any atom is 0.174 e. The van der Waals surface area contributed by atoms with Crippen LogP contribution in [-0.4, -0.2) is 15.0 Å². The monoisotopic (exact) mass is 395 g/mol. The molecule has 0 bridgehead atoms. The number of pyridine rings is 1. The molecule has 0 aliphatic rings. The Labute approximate surface area is 171 Å². The fourth-order valence-corrected chi connectivity index (χ4v) is 3.13. The highest BCUT2D eigenvalue weighted by Crippen LogP contribution is 2.21. The molecule has 0 saturated heterocycles. The predicted octanol–water partition coefficient (Wildman–Crippen LogP) is 5.75. The summed E-state index contributed by atoms with van der Waals surface area (Å²) in [7, 11) is 0. The molecule has 5 heteroatoms. The van der Waals surface area contributed by atoms with Crippen LogP contribution in [0.5, 0.6) is 0 Å². The number of halogens is 1. The third kappa shape index (κ3) is 5.52. The molecule has 0 radical (unpaired) electrons. The molecule has 1 aromatic heterocycles. The van der Waals surface area contributed by atoms with E-state index < -0.39 is 0 Å². The number of hydrogen-bond acceptors (Lipinski definition) is 2. The molecule has 3 rings (SSSR count). The van der Waals surface area contributed by atoms with E-state index >= 15 is 0 Å². The van der Waals surface area contributed by atoms with Crippen LogP contribution in [0.25, 0.3) is 0 Å². The Balaban J connectivity index is 1.82. The Bertz CT molecular complexity index is 911. The summed E-state index contributed by atoms with van der Waals surface area (Å²) in [6.45, 7) is 5.44. The highest BCUT2D eigenvalue weighted by atomic mass is 35.5. The zero-order valence-electron chi connectivity index (χ0n) is 15.4. The first-order valence-corrected chi connectivity index (χ1v) is 9.57. The Hall–Kier alpha value is -2.43. The first-order valence-electron chi connectivity index (χ1n) is 8.79. The van der Waals surface area contributed by atoms with Crippen molar-refractivity contribution in [2.24, 2.45) is 0 Å². The van der Waals surface area contributed by atoms with E-state index in [0.717, 1.165) is 16.9 Å². The molecule has 0 atom stereocenters. The summed E-state index contributed by atoms with van der Waals surface area (Å²) in [4.78, 5) is 6.56. The summed E-state index contributed by atoms with van der Waals surface area (Å²) in [6, 6.07) is 20.2. The van der Waals surface area contributed by atoms with Crippen molar-refractivity contribution >= 4 is 34.6 Å². The first kappa shape index (κ1) is 19.3. The zero-order valence-corrected chi connectivity index (χ0v) is 17.0. The van der Waals surface area contributed by atoms with Crippen LogP contribution in [0.4, 0.5) is 5.69 Å². The average molecular weight is 396 g/mol. The van der Waals surface area contributed by atoms with Gasteiger partial charge in [0.15, 0.2) is 5.11 Å². The van der Waals surface area contributed by atoms with E-state index in [2.05, 4.69) is 46.4 Å². The van der Waals surface area contributed by atoms with Crippen LogP contribution in [0.1, 0.15) is 22.4 Å². The van der Waals surface area contributed by atoms with Crippen molar-refractivity contribution in [3.05, 3.63) is 94.3 Å². The van der Waals surface area contributed by atoms with E-state index in [-0.39, 0.29) is 0 Å². The zero-order chi connectivity index (χ0) is 19.2. The van der Waals surface area contributed by atoms with Gasteiger partial charge in [0.2, 0.25) is 0 Å². The second kappa shape index (κ2) is 8.98. The molecule has 3 nitrogen and oxygen atoms in total. The quantitative estimate of drug-likeness (QED) is 0.556. The van der Waals surface area contributed by atoms with Crippen LogP contribution in [0.2, 0.25) is 5.02 Å². The van der Waals surface area contributed by atoms with Gasteiger partial charge >= 0.3 is 0 Å². The minimum Gasteiger partial charge on any atom is -0.339 e. The number of nitrogens with zero attached hydrogens (tertiary/aromatic N) is 2. The molecular formula is C22H22ClN3S. The van der Waals surface area contributed by atoms with Crippen molar-refractivity contribution in [2.45, 2.75) is 26.9 Å². The number of anilines is 1. The second-order valence-electron chi connectivity index (χ2n) is 6.55. The summed E-state index contributed by atoms with van der Waals surface area (Å²) < 4.78 is 0. The van der Waals surface area contributed by atoms with E-state index in [1.165, 1.54) is 11.1 Å². The second-order valence-corrected chi connectivity index (χ2v) is 7.38. The number of aromatic nitrogens is 1. The smallest absolute Gasteiger partial charge is 0.174 e. The SMILES string of the molecule is Cc1ccc(CN(Cc2ccccn2)C(=S)Nc2cc(Cl)ccc2C)cc1. The largest absolute Gasteiger partial charge is 0.339 e. The molecule has 0 saturated carbocycles. The summed E-state index contributed by atoms with van der Waals surface area (Å²) in [6.07, 6.45) is 1.80. The number of rotatable bonds is 5. The van der Waals surface area contributed by atoms with E-state index in [9.17, 15) is 0 Å². The lowest BCUT2D eigenvalue weighted by molar-refractivity contribution is 0.407. The van der Waals surface area contributed by atoms with Gasteiger partial charge in [-0.05, 0) is 61.5 Å². The first-order chi connectivity index (χ1) is 13.0. The van der Waals surface area contributed by atoms with Crippen LogP contribution < -0.4 is 5.32 Å². The van der Waals surface area contributed by atoms with Gasteiger partial charge in [-0.2, -0.15) is 0 Å². The van der Waals surface area contributed by atoms with Gasteiger partial charge in [-0.15, -0.1) is 0 Å². The predicted molar refractivity (Wildman–Crippen MR) is 117 cm³/mol. The van der Waals surface area contributed by atoms with Gasteiger partial charge in [0.25, 0.3) is 0 Å². The molecule has 1 heterocycles. The number of nitrogens with one attached hydrogen (secondary N) is 1. The highest BCUT2D eigenvalue weighted by Gasteiger charge is 2.13. The van der Waals surface area contributed by atoms with Crippen LogP contribution in [-0.2, 0) is 13.1 Å². The van der Waals surface area contributed by atoms with Crippen molar-refractivity contribution in [2.75, 3.05) is 5.32 Å². The van der Waals surface area contributed by atoms with Gasteiger partial charge < -0.3 is 10.2 Å². The lowest BCUT2D eigenvalue weighted by Crippen LogP contribution is -2.34. The third-order valence-corrected chi connectivity index (χ3v) is 4.90. The van der Waals surface area contributed by atoms with Gasteiger partial charge in [-0.3, -0.25) is 4.98 Å². The van der Waals surface area contributed by atoms with Crippen molar-refractivity contribution in [1.29, 1.82) is 0 Å². The highest BCUT2D eigenvalue weighted by molar-refractivity contribution is 7.80. The molecule has 0 spiro atoms. The summed E-state index contributed by atoms with van der Waals surface area (Å²) in [5.74, 6) is 0. The van der Waals surface area contributed by atoms with Crippen molar-refractivity contribution in [1.82, 2.24) is 9.88 Å². The normalized spacial score (nSPS) is 10.5. The van der Waals surface area contributed by atoms with Gasteiger partial charge in [-0.1, -0.05) is 53.6 Å². The number of aryl methyl sites for hydroxylation is 2. The molecule has 0 aliphatic heterocycles. The molecule has 0 amide bonds. The molecule has 0 fully saturated rings. The van der Waals surface area contributed by atoms with E-state index in [4.69, 9.17) is 23.8 Å². The summed E-state index contributed by atoms with van der Waals surface area (Å²) in [5, 5.41) is 4.67. The Kier molecular flexibility index (Phi) is 6.43. The fourth-order valence-electron chi connectivity index (χ4n) is 2.72. The minimum absolute atomic E-state index is 0.625. The molecule has 27 heavy (non-hydrogen) atoms. The van der Waals surface area contributed by atoms with Gasteiger partial charge in [-0.25, -0.2) is 0 Å². The Morgan fingerprint density at radius 2 is 1.81 bits per heavy atom. The van der Waals surface area contributed by atoms with Crippen LogP contribution >= 0.6 is 23.8 Å². The van der Waals surface area contributed by atoms with E-state index in [0.29, 0.717) is 23.2 Å². The fraction of sp³-hybridized carbons (Fsp3) is 0.182. The molecule has 138 valence electrons. The number of hydrogen-bond donors (Lipinski definition) is 1. The molecule has 0 unspecified atom stereocenters. The van der Waals surface area contributed by atoms with Crippen molar-refractivity contribution < 1.29 is 0 Å². The Morgan fingerprint density at radius 1 is 1.04 bits per heavy atom. The van der Waals surface area contributed by atoms with Crippen LogP contribution in [0.3, 0.4) is 0 Å². The van der Waals surface area contributed by atoms with E-state index in [1.807, 2.05) is 43.3 Å². The third-order valence-electron chi connectivity index (χ3n) is 4.30. The standard InChI is InChI=1S/C22H22ClN3S/c1-16-6-9-18(10-7-16)14-26(15-20-5-3-4-12-24-20)22(27)25-21-13-19(23)11-8-17(21)2/h3-13H,14-15H2,1-2H3,(H,25,27). The van der Waals surface area contributed by atoms with Crippen molar-refractivity contribution in [3.8, 4) is 0 Å². The Morgan fingerprint density at radius 3 is 2.52 bits per heavy atom. The summed E-state index contributed by atoms with van der Waals surface area (Å²) >= 11 is 11.9. The van der Waals surface area contributed by atoms with Crippen LogP contribution in [0.15, 0.2) is 66.9 Å². The van der Waals surface area contributed by atoms with Gasteiger partial charge in [0.05, 0.1) is 12.2 Å². The average Bonchev–Trinajstić information content (AvgIpc) is 2.66. The van der Waals surface area contributed by atoms with Crippen LogP contribution in [0, 0.1) is 13.8 Å². The maximum absolute atomic E-state index is 6.15. The summed E-state index contributed by atoms with van der Waals surface area (Å²) in [5.41, 5.74) is 5.42. The molecule has 2 aromatic carbocycles. The molecule has 3 aromatic rings. The van der Waals surface area contributed by atoms with Gasteiger partial charge in [0.1, 0.15) is 0 Å². The topological polar surface area (TPSA) is 28.2 Å². The lowest BCUT2D eigenvalue weighted by Gasteiger charge is -2.26. The molecule has 1 N–H and O–H groups in total. The van der Waals surface area contributed by atoms with Crippen molar-refractivity contribution in [3.63, 3.8) is 0 Å². The number of thiocarbonyl (C=S) groups is 1. The van der Waals surface area contributed by atoms with E-state index in [1.54, 1.807) is 6.20 Å². The molecule has 0 aliphatic carbocycles. The molecular weight excluding hydrogens is 374 g/mol. The van der Waals surface area contributed by atoms with Gasteiger partial charge in [0, 0.05) is 23.5 Å². The maximum atomic E-state index is 6.15. The lowest BCUT2D eigenvalue weighted by atomic mass is 10.1.